The molecule has 0 aromatic carbocycles. The number of amides is 1. The minimum Gasteiger partial charge on any atom is -0.379 e. The highest BCUT2D eigenvalue weighted by Gasteiger charge is 2.38. The summed E-state index contributed by atoms with van der Waals surface area (Å²) in [4.78, 5) is 12.2. The molecule has 1 saturated carbocycles. The van der Waals surface area contributed by atoms with Crippen molar-refractivity contribution >= 4 is 5.91 Å². The molecule has 1 amide bonds. The molecule has 1 saturated heterocycles. The van der Waals surface area contributed by atoms with Gasteiger partial charge in [-0.2, -0.15) is 0 Å². The van der Waals surface area contributed by atoms with Crippen LogP contribution in [0, 0.1) is 11.3 Å². The summed E-state index contributed by atoms with van der Waals surface area (Å²) in [7, 11) is 0. The number of hydrogen-bond acceptors (Lipinski definition) is 3. The van der Waals surface area contributed by atoms with Gasteiger partial charge in [-0.05, 0) is 31.2 Å². The summed E-state index contributed by atoms with van der Waals surface area (Å²) in [6.07, 6.45) is 5.02. The minimum atomic E-state index is -0.0149. The second kappa shape index (κ2) is 6.02. The zero-order valence-corrected chi connectivity index (χ0v) is 11.6. The molecule has 0 aromatic rings. The summed E-state index contributed by atoms with van der Waals surface area (Å²) in [5, 5.41) is 6.48. The molecule has 1 aliphatic heterocycles. The highest BCUT2D eigenvalue weighted by Crippen LogP contribution is 2.43. The third-order valence-electron chi connectivity index (χ3n) is 4.69. The highest BCUT2D eigenvalue weighted by atomic mass is 16.5. The Kier molecular flexibility index (Phi) is 4.62. The normalized spacial score (nSPS) is 29.9. The fourth-order valence-corrected chi connectivity index (χ4v) is 3.01. The van der Waals surface area contributed by atoms with Gasteiger partial charge in [0.15, 0.2) is 0 Å². The molecular weight excluding hydrogens is 228 g/mol. The first-order chi connectivity index (χ1) is 8.71. The van der Waals surface area contributed by atoms with Gasteiger partial charge in [0.05, 0.1) is 19.1 Å². The molecule has 0 aromatic heterocycles. The first-order valence-electron chi connectivity index (χ1n) is 7.29. The lowest BCUT2D eigenvalue weighted by Gasteiger charge is -2.41. The van der Waals surface area contributed by atoms with Gasteiger partial charge in [-0.15, -0.1) is 0 Å². The lowest BCUT2D eigenvalue weighted by Crippen LogP contribution is -2.48. The van der Waals surface area contributed by atoms with Crippen LogP contribution >= 0.6 is 0 Å². The molecule has 2 atom stereocenters. The molecule has 1 heterocycles. The van der Waals surface area contributed by atoms with Gasteiger partial charge < -0.3 is 15.4 Å². The molecule has 0 spiro atoms. The van der Waals surface area contributed by atoms with Crippen LogP contribution in [0.25, 0.3) is 0 Å². The van der Waals surface area contributed by atoms with Gasteiger partial charge in [-0.1, -0.05) is 20.3 Å². The maximum absolute atomic E-state index is 12.2. The molecule has 4 nitrogen and oxygen atoms in total. The maximum Gasteiger partial charge on any atom is 0.227 e. The Hall–Kier alpha value is -0.610. The van der Waals surface area contributed by atoms with Crippen molar-refractivity contribution in [1.82, 2.24) is 10.6 Å². The van der Waals surface area contributed by atoms with Gasteiger partial charge in [0.2, 0.25) is 5.91 Å². The van der Waals surface area contributed by atoms with E-state index in [4.69, 9.17) is 4.74 Å². The van der Waals surface area contributed by atoms with Gasteiger partial charge >= 0.3 is 0 Å². The van der Waals surface area contributed by atoms with Crippen LogP contribution in [0.1, 0.15) is 39.5 Å². The zero-order chi connectivity index (χ0) is 13.0. The molecule has 2 fully saturated rings. The molecule has 0 radical (unpaired) electrons. The molecule has 4 heteroatoms. The van der Waals surface area contributed by atoms with Crippen molar-refractivity contribution in [2.75, 3.05) is 26.3 Å². The Morgan fingerprint density at radius 2 is 2.11 bits per heavy atom. The topological polar surface area (TPSA) is 50.4 Å². The fourth-order valence-electron chi connectivity index (χ4n) is 3.01. The summed E-state index contributed by atoms with van der Waals surface area (Å²) in [6, 6.07) is 0.189. The summed E-state index contributed by atoms with van der Waals surface area (Å²) in [5.74, 6) is 0.150. The lowest BCUT2D eigenvalue weighted by atomic mass is 9.67. The van der Waals surface area contributed by atoms with Crippen molar-refractivity contribution in [2.24, 2.45) is 11.3 Å². The average molecular weight is 254 g/mol. The smallest absolute Gasteiger partial charge is 0.227 e. The summed E-state index contributed by atoms with van der Waals surface area (Å²) in [6.45, 7) is 7.24. The van der Waals surface area contributed by atoms with E-state index in [1.807, 2.05) is 0 Å². The minimum absolute atomic E-state index is 0.0149. The number of nitrogens with one attached hydrogen (secondary N) is 2. The largest absolute Gasteiger partial charge is 0.379 e. The number of ether oxygens (including phenoxy) is 1. The van der Waals surface area contributed by atoms with Gasteiger partial charge in [-0.3, -0.25) is 4.79 Å². The molecule has 0 bridgehead atoms. The monoisotopic (exact) mass is 254 g/mol. The van der Waals surface area contributed by atoms with E-state index in [0.29, 0.717) is 18.6 Å². The molecule has 18 heavy (non-hydrogen) atoms. The van der Waals surface area contributed by atoms with E-state index in [0.717, 1.165) is 13.1 Å². The quantitative estimate of drug-likeness (QED) is 0.751. The third-order valence-corrected chi connectivity index (χ3v) is 4.69. The average Bonchev–Trinajstić information content (AvgIpc) is 2.77. The van der Waals surface area contributed by atoms with Crippen LogP contribution in [0.5, 0.6) is 0 Å². The zero-order valence-electron chi connectivity index (χ0n) is 11.6. The first kappa shape index (κ1) is 13.8. The molecule has 2 rings (SSSR count). The van der Waals surface area contributed by atoms with Crippen molar-refractivity contribution < 1.29 is 9.53 Å². The lowest BCUT2D eigenvalue weighted by molar-refractivity contribution is -0.126. The van der Waals surface area contributed by atoms with E-state index in [1.54, 1.807) is 0 Å². The second-order valence-corrected chi connectivity index (χ2v) is 5.73. The van der Waals surface area contributed by atoms with E-state index >= 15 is 0 Å². The number of likely N-dealkylation sites (N-methyl/N-ethyl adjacent to an activating group) is 1. The Morgan fingerprint density at radius 1 is 1.33 bits per heavy atom. The molecule has 104 valence electrons. The van der Waals surface area contributed by atoms with Crippen molar-refractivity contribution in [3.8, 4) is 0 Å². The number of hydrogen-bond donors (Lipinski definition) is 2. The predicted molar refractivity (Wildman–Crippen MR) is 71.4 cm³/mol. The fraction of sp³-hybridized carbons (Fsp3) is 0.929. The number of carbonyl (C=O) groups is 1. The first-order valence-corrected chi connectivity index (χ1v) is 7.29. The van der Waals surface area contributed by atoms with Gasteiger partial charge in [0.1, 0.15) is 0 Å². The number of carbonyl (C=O) groups excluding carboxylic acids is 1. The van der Waals surface area contributed by atoms with E-state index in [2.05, 4.69) is 24.5 Å². The van der Waals surface area contributed by atoms with Crippen LogP contribution in [0.3, 0.4) is 0 Å². The van der Waals surface area contributed by atoms with Gasteiger partial charge in [0.25, 0.3) is 0 Å². The predicted octanol–water partition coefficient (Wildman–Crippen LogP) is 1.31. The van der Waals surface area contributed by atoms with Crippen LogP contribution in [0.15, 0.2) is 0 Å². The van der Waals surface area contributed by atoms with Gasteiger partial charge in [0, 0.05) is 12.6 Å². The SMILES string of the molecule is CCNC1COCC1C(=O)NCC1(CC)CCC1. The Morgan fingerprint density at radius 3 is 2.67 bits per heavy atom. The summed E-state index contributed by atoms with van der Waals surface area (Å²) < 4.78 is 5.42. The van der Waals surface area contributed by atoms with Crippen LogP contribution in [0.2, 0.25) is 0 Å². The highest BCUT2D eigenvalue weighted by molar-refractivity contribution is 5.79. The van der Waals surface area contributed by atoms with Crippen molar-refractivity contribution in [1.29, 1.82) is 0 Å². The van der Waals surface area contributed by atoms with Crippen LogP contribution in [-0.4, -0.2) is 38.3 Å². The van der Waals surface area contributed by atoms with Crippen LogP contribution < -0.4 is 10.6 Å². The van der Waals surface area contributed by atoms with E-state index in [9.17, 15) is 4.79 Å². The molecule has 2 aliphatic rings. The maximum atomic E-state index is 12.2. The van der Waals surface area contributed by atoms with Crippen molar-refractivity contribution in [2.45, 2.75) is 45.6 Å². The van der Waals surface area contributed by atoms with E-state index in [1.165, 1.54) is 25.7 Å². The van der Waals surface area contributed by atoms with E-state index < -0.39 is 0 Å². The molecular formula is C14H26N2O2. The van der Waals surface area contributed by atoms with Gasteiger partial charge in [-0.25, -0.2) is 0 Å². The standard InChI is InChI=1S/C14H26N2O2/c1-3-14(6-5-7-14)10-16-13(17)11-8-18-9-12(11)15-4-2/h11-12,15H,3-10H2,1-2H3,(H,16,17). The summed E-state index contributed by atoms with van der Waals surface area (Å²) >= 11 is 0. The Labute approximate surface area is 110 Å². The second-order valence-electron chi connectivity index (χ2n) is 5.73. The molecule has 2 N–H and O–H groups in total. The Balaban J connectivity index is 1.80. The van der Waals surface area contributed by atoms with E-state index in [-0.39, 0.29) is 17.9 Å². The van der Waals surface area contributed by atoms with Crippen molar-refractivity contribution in [3.05, 3.63) is 0 Å². The summed E-state index contributed by atoms with van der Waals surface area (Å²) in [5.41, 5.74) is 0.392. The van der Waals surface area contributed by atoms with Crippen molar-refractivity contribution in [3.63, 3.8) is 0 Å². The molecule has 1 aliphatic carbocycles. The van der Waals surface area contributed by atoms with Crippen LogP contribution in [0.4, 0.5) is 0 Å². The Bertz CT molecular complexity index is 284. The number of rotatable bonds is 6. The molecule has 2 unspecified atom stereocenters. The third kappa shape index (κ3) is 2.86. The van der Waals surface area contributed by atoms with Crippen LogP contribution in [-0.2, 0) is 9.53 Å².